The van der Waals surface area contributed by atoms with E-state index in [2.05, 4.69) is 356 Å². The van der Waals surface area contributed by atoms with Crippen LogP contribution in [0.1, 0.15) is 66.8 Å². The lowest BCUT2D eigenvalue weighted by Gasteiger charge is -2.33. The first-order valence-electron chi connectivity index (χ1n) is 32.4. The first-order chi connectivity index (χ1) is 44.8. The summed E-state index contributed by atoms with van der Waals surface area (Å²) in [6, 6.07) is 100. The Morgan fingerprint density at radius 1 is 0.196 bits per heavy atom. The average Bonchev–Trinajstić information content (AvgIpc) is 0.734. The predicted molar refractivity (Wildman–Crippen MR) is 396 cm³/mol. The van der Waals surface area contributed by atoms with Gasteiger partial charge in [-0.3, -0.25) is 0 Å². The smallest absolute Gasteiger partial charge is 0.0619 e. The molecule has 0 saturated carbocycles. The van der Waals surface area contributed by atoms with E-state index in [1.165, 1.54) is 121 Å². The average molecular weight is 1190 g/mol. The first-order valence-corrected chi connectivity index (χ1v) is 32.4. The number of hydrogen-bond donors (Lipinski definition) is 0. The lowest BCUT2D eigenvalue weighted by atomic mass is 9.94. The second-order valence-corrected chi connectivity index (χ2v) is 25.5. The highest BCUT2D eigenvalue weighted by molar-refractivity contribution is 6.25. The SMILES string of the molecule is Cc1ccc(N(c2ccc(C)cc2)c2c3ccccc3c(N(c3ccc(C)cc3)c3ccc(CCc4ccc(N(c5ccc(C)c(C)c5)c5c6ccccc6c(N(c6ccc(C)c(C)c6)c6ccc(C)c(C)c6)c6ccccc56)cc4C)cc3)c3ccccc23)cc1. The van der Waals surface area contributed by atoms with Crippen molar-refractivity contribution in [3.63, 3.8) is 0 Å². The number of nitrogens with zero attached hydrogens (tertiary/aromatic N) is 4. The van der Waals surface area contributed by atoms with Gasteiger partial charge in [0.2, 0.25) is 0 Å². The molecule has 0 aliphatic rings. The van der Waals surface area contributed by atoms with Gasteiger partial charge in [0.05, 0.1) is 22.7 Å². The van der Waals surface area contributed by atoms with Crippen LogP contribution in [0.15, 0.2) is 267 Å². The van der Waals surface area contributed by atoms with Crippen molar-refractivity contribution < 1.29 is 0 Å². The molecule has 0 aromatic heterocycles. The molecule has 0 atom stereocenters. The maximum Gasteiger partial charge on any atom is 0.0619 e. The van der Waals surface area contributed by atoms with E-state index in [1.54, 1.807) is 0 Å². The molecule has 0 unspecified atom stereocenters. The van der Waals surface area contributed by atoms with Crippen LogP contribution in [0.2, 0.25) is 0 Å². The van der Waals surface area contributed by atoms with Crippen LogP contribution in [0.4, 0.5) is 68.2 Å². The lowest BCUT2D eigenvalue weighted by molar-refractivity contribution is 0.948. The van der Waals surface area contributed by atoms with E-state index in [1.807, 2.05) is 0 Å². The van der Waals surface area contributed by atoms with Crippen LogP contribution in [0, 0.1) is 69.2 Å². The Hall–Kier alpha value is -10.7. The van der Waals surface area contributed by atoms with E-state index in [4.69, 9.17) is 0 Å². The second kappa shape index (κ2) is 24.6. The van der Waals surface area contributed by atoms with Crippen molar-refractivity contribution in [2.45, 2.75) is 82.1 Å². The Morgan fingerprint density at radius 2 is 0.424 bits per heavy atom. The maximum atomic E-state index is 2.52. The molecular weight excluding hydrogens is 1110 g/mol. The van der Waals surface area contributed by atoms with Gasteiger partial charge in [-0.2, -0.15) is 0 Å². The molecule has 14 rings (SSSR count). The Morgan fingerprint density at radius 3 is 0.685 bits per heavy atom. The molecule has 0 bridgehead atoms. The molecule has 0 radical (unpaired) electrons. The fourth-order valence-corrected chi connectivity index (χ4v) is 13.6. The van der Waals surface area contributed by atoms with Crippen molar-refractivity contribution in [2.75, 3.05) is 19.6 Å². The zero-order chi connectivity index (χ0) is 63.3. The molecular formula is C88H78N4. The normalized spacial score (nSPS) is 11.5. The number of anilines is 12. The highest BCUT2D eigenvalue weighted by Crippen LogP contribution is 2.54. The van der Waals surface area contributed by atoms with Gasteiger partial charge in [-0.1, -0.05) is 187 Å². The van der Waals surface area contributed by atoms with Gasteiger partial charge >= 0.3 is 0 Å². The molecule has 0 amide bonds. The maximum absolute atomic E-state index is 2.52. The molecule has 0 saturated heterocycles. The molecule has 0 aliphatic carbocycles. The fraction of sp³-hybridized carbons (Fsp3) is 0.136. The van der Waals surface area contributed by atoms with E-state index in [0.717, 1.165) is 69.7 Å². The molecule has 0 N–H and O–H groups in total. The van der Waals surface area contributed by atoms with Crippen molar-refractivity contribution in [2.24, 2.45) is 0 Å². The molecule has 450 valence electrons. The lowest BCUT2D eigenvalue weighted by Crippen LogP contribution is -2.15. The quantitative estimate of drug-likeness (QED) is 0.0749. The van der Waals surface area contributed by atoms with Gasteiger partial charge < -0.3 is 19.6 Å². The summed E-state index contributed by atoms with van der Waals surface area (Å²) in [5, 5.41) is 9.46. The monoisotopic (exact) mass is 1190 g/mol. The minimum absolute atomic E-state index is 0.897. The van der Waals surface area contributed by atoms with Crippen molar-refractivity contribution in [3.05, 3.63) is 334 Å². The van der Waals surface area contributed by atoms with Gasteiger partial charge in [-0.05, 0) is 229 Å². The summed E-state index contributed by atoms with van der Waals surface area (Å²) in [4.78, 5) is 9.95. The molecule has 14 aromatic carbocycles. The third kappa shape index (κ3) is 11.0. The second-order valence-electron chi connectivity index (χ2n) is 25.5. The summed E-state index contributed by atoms with van der Waals surface area (Å²) in [7, 11) is 0. The number of benzene rings is 14. The predicted octanol–water partition coefficient (Wildman–Crippen LogP) is 25.0. The summed E-state index contributed by atoms with van der Waals surface area (Å²) < 4.78 is 0. The van der Waals surface area contributed by atoms with E-state index in [-0.39, 0.29) is 0 Å². The Labute approximate surface area is 543 Å². The molecule has 0 spiro atoms. The first kappa shape index (κ1) is 59.0. The Balaban J connectivity index is 0.842. The summed E-state index contributed by atoms with van der Waals surface area (Å²) in [6.45, 7) is 22.1. The third-order valence-corrected chi connectivity index (χ3v) is 19.2. The number of fused-ring (bicyclic) bond motifs is 4. The van der Waals surface area contributed by atoms with Crippen LogP contribution in [-0.4, -0.2) is 0 Å². The molecule has 4 nitrogen and oxygen atoms in total. The zero-order valence-electron chi connectivity index (χ0n) is 54.6. The molecule has 0 aliphatic heterocycles. The molecule has 92 heavy (non-hydrogen) atoms. The largest absolute Gasteiger partial charge is 0.309 e. The van der Waals surface area contributed by atoms with Crippen LogP contribution in [0.5, 0.6) is 0 Å². The van der Waals surface area contributed by atoms with Crippen LogP contribution in [-0.2, 0) is 12.8 Å². The van der Waals surface area contributed by atoms with Gasteiger partial charge in [0.1, 0.15) is 0 Å². The number of aryl methyl sites for hydroxylation is 12. The minimum atomic E-state index is 0.897. The summed E-state index contributed by atoms with van der Waals surface area (Å²) in [5.74, 6) is 0. The highest BCUT2D eigenvalue weighted by atomic mass is 15.2. The van der Waals surface area contributed by atoms with Crippen LogP contribution in [0.25, 0.3) is 43.1 Å². The minimum Gasteiger partial charge on any atom is -0.309 e. The van der Waals surface area contributed by atoms with Gasteiger partial charge in [-0.25, -0.2) is 0 Å². The Kier molecular flexibility index (Phi) is 15.8. The standard InChI is InChI=1S/C88H78N4/c1-57-27-41-69(42-28-57)89(70-43-29-58(2)30-44-70)85-77-19-11-13-21-79(77)86(80-22-14-12-20-78(80)85)90(71-45-31-59(3)32-46-71)72-50-37-67(38-51-72)36-39-68-40-52-76(56-66(68)10)92(75-49-35-62(6)65(9)55-75)88-83-25-17-15-23-81(83)87(82-24-16-18-26-84(82)88)91(73-47-33-60(4)63(7)53-73)74-48-34-61(5)64(8)54-74/h11-35,37-38,40-56H,36,39H2,1-10H3. The topological polar surface area (TPSA) is 13.0 Å². The van der Waals surface area contributed by atoms with E-state index < -0.39 is 0 Å². The van der Waals surface area contributed by atoms with Crippen molar-refractivity contribution in [1.82, 2.24) is 0 Å². The van der Waals surface area contributed by atoms with Crippen molar-refractivity contribution >= 4 is 111 Å². The van der Waals surface area contributed by atoms with Gasteiger partial charge in [0.25, 0.3) is 0 Å². The number of rotatable bonds is 15. The third-order valence-electron chi connectivity index (χ3n) is 19.2. The number of hydrogen-bond acceptors (Lipinski definition) is 4. The molecule has 0 fully saturated rings. The van der Waals surface area contributed by atoms with Gasteiger partial charge in [-0.15, -0.1) is 0 Å². The van der Waals surface area contributed by atoms with E-state index >= 15 is 0 Å². The van der Waals surface area contributed by atoms with E-state index in [0.29, 0.717) is 0 Å². The Bertz CT molecular complexity index is 4890. The summed E-state index contributed by atoms with van der Waals surface area (Å²) in [5.41, 5.74) is 28.9. The summed E-state index contributed by atoms with van der Waals surface area (Å²) in [6.07, 6.45) is 1.80. The van der Waals surface area contributed by atoms with Crippen LogP contribution < -0.4 is 19.6 Å². The highest BCUT2D eigenvalue weighted by Gasteiger charge is 2.29. The summed E-state index contributed by atoms with van der Waals surface area (Å²) >= 11 is 0. The fourth-order valence-electron chi connectivity index (χ4n) is 13.6. The van der Waals surface area contributed by atoms with Crippen LogP contribution in [0.3, 0.4) is 0 Å². The zero-order valence-corrected chi connectivity index (χ0v) is 54.6. The molecule has 14 aromatic rings. The molecule has 4 heteroatoms. The van der Waals surface area contributed by atoms with Crippen LogP contribution >= 0.6 is 0 Å². The van der Waals surface area contributed by atoms with Gasteiger partial charge in [0, 0.05) is 88.6 Å². The van der Waals surface area contributed by atoms with Gasteiger partial charge in [0.15, 0.2) is 0 Å². The molecule has 0 heterocycles. The van der Waals surface area contributed by atoms with Crippen molar-refractivity contribution in [1.29, 1.82) is 0 Å². The van der Waals surface area contributed by atoms with Crippen molar-refractivity contribution in [3.8, 4) is 0 Å². The van der Waals surface area contributed by atoms with E-state index in [9.17, 15) is 0 Å².